The van der Waals surface area contributed by atoms with Crippen LogP contribution in [0.3, 0.4) is 0 Å². The molecule has 1 aliphatic heterocycles. The van der Waals surface area contributed by atoms with E-state index in [1.807, 2.05) is 12.1 Å². The van der Waals surface area contributed by atoms with Gasteiger partial charge in [0.15, 0.2) is 5.78 Å². The fourth-order valence-corrected chi connectivity index (χ4v) is 4.15. The first kappa shape index (κ1) is 19.8. The van der Waals surface area contributed by atoms with Gasteiger partial charge < -0.3 is 14.4 Å². The van der Waals surface area contributed by atoms with Gasteiger partial charge >= 0.3 is 0 Å². The van der Waals surface area contributed by atoms with Crippen LogP contribution in [-0.2, 0) is 4.74 Å². The molecule has 8 heteroatoms. The highest BCUT2D eigenvalue weighted by Crippen LogP contribution is 2.24. The number of amides is 1. The number of ketones is 1. The van der Waals surface area contributed by atoms with E-state index < -0.39 is 0 Å². The molecular formula is C21H19ClN2O4S. The predicted molar refractivity (Wildman–Crippen MR) is 112 cm³/mol. The average Bonchev–Trinajstić information content (AvgIpc) is 3.20. The Balaban J connectivity index is 1.42. The number of nitrogens with zero attached hydrogens (tertiary/aromatic N) is 2. The van der Waals surface area contributed by atoms with Gasteiger partial charge in [0.05, 0.1) is 34.4 Å². The van der Waals surface area contributed by atoms with E-state index in [1.54, 1.807) is 34.7 Å². The summed E-state index contributed by atoms with van der Waals surface area (Å²) in [7, 11) is 0. The number of carbonyl (C=O) groups is 2. The standard InChI is InChI=1S/C21H19ClN2O4S/c1-13(25)17-9-15(22)3-5-19(17)28-11-16-10-24(6-7-27-16)21(26)14-2-4-18-20(8-14)29-12-23-18/h2-5,8-9,12,16H,6-7,10-11H2,1H3. The summed E-state index contributed by atoms with van der Waals surface area (Å²) in [4.78, 5) is 30.8. The molecule has 0 saturated carbocycles. The second kappa shape index (κ2) is 8.49. The summed E-state index contributed by atoms with van der Waals surface area (Å²) < 4.78 is 12.6. The zero-order valence-electron chi connectivity index (χ0n) is 15.8. The largest absolute Gasteiger partial charge is 0.490 e. The minimum Gasteiger partial charge on any atom is -0.490 e. The van der Waals surface area contributed by atoms with Gasteiger partial charge in [-0.1, -0.05) is 11.6 Å². The lowest BCUT2D eigenvalue weighted by molar-refractivity contribution is -0.0401. The van der Waals surface area contributed by atoms with Gasteiger partial charge in [-0.3, -0.25) is 9.59 Å². The van der Waals surface area contributed by atoms with Crippen molar-refractivity contribution in [2.45, 2.75) is 13.0 Å². The predicted octanol–water partition coefficient (Wildman–Crippen LogP) is 4.07. The number of rotatable bonds is 5. The maximum Gasteiger partial charge on any atom is 0.254 e. The highest BCUT2D eigenvalue weighted by Gasteiger charge is 2.26. The third-order valence-electron chi connectivity index (χ3n) is 4.75. The number of aromatic nitrogens is 1. The summed E-state index contributed by atoms with van der Waals surface area (Å²) in [5.41, 5.74) is 3.73. The van der Waals surface area contributed by atoms with Gasteiger partial charge in [-0.25, -0.2) is 4.98 Å². The van der Waals surface area contributed by atoms with E-state index in [1.165, 1.54) is 18.3 Å². The molecule has 1 aliphatic rings. The number of fused-ring (bicyclic) bond motifs is 1. The van der Waals surface area contributed by atoms with Gasteiger partial charge in [0.25, 0.3) is 5.91 Å². The molecule has 6 nitrogen and oxygen atoms in total. The first-order chi connectivity index (χ1) is 14.0. The van der Waals surface area contributed by atoms with Crippen molar-refractivity contribution in [3.8, 4) is 5.75 Å². The van der Waals surface area contributed by atoms with Crippen LogP contribution < -0.4 is 4.74 Å². The second-order valence-electron chi connectivity index (χ2n) is 6.79. The SMILES string of the molecule is CC(=O)c1cc(Cl)ccc1OCC1CN(C(=O)c2ccc3ncsc3c2)CCO1. The van der Waals surface area contributed by atoms with Crippen LogP contribution in [0.5, 0.6) is 5.75 Å². The molecule has 0 aliphatic carbocycles. The summed E-state index contributed by atoms with van der Waals surface area (Å²) >= 11 is 7.48. The summed E-state index contributed by atoms with van der Waals surface area (Å²) in [5, 5.41) is 0.478. The number of carbonyl (C=O) groups excluding carboxylic acids is 2. The zero-order valence-corrected chi connectivity index (χ0v) is 17.3. The zero-order chi connectivity index (χ0) is 20.4. The van der Waals surface area contributed by atoms with Crippen LogP contribution >= 0.6 is 22.9 Å². The Morgan fingerprint density at radius 3 is 3.00 bits per heavy atom. The van der Waals surface area contributed by atoms with Crippen LogP contribution in [0.15, 0.2) is 41.9 Å². The van der Waals surface area contributed by atoms with Gasteiger partial charge in [0, 0.05) is 17.1 Å². The van der Waals surface area contributed by atoms with E-state index in [0.717, 1.165) is 10.2 Å². The Kier molecular flexibility index (Phi) is 5.80. The molecule has 1 amide bonds. The van der Waals surface area contributed by atoms with Crippen LogP contribution in [0.25, 0.3) is 10.2 Å². The summed E-state index contributed by atoms with van der Waals surface area (Å²) in [5.74, 6) is 0.302. The molecule has 1 aromatic heterocycles. The molecule has 1 fully saturated rings. The van der Waals surface area contributed by atoms with Crippen molar-refractivity contribution >= 4 is 44.8 Å². The van der Waals surface area contributed by atoms with E-state index in [-0.39, 0.29) is 24.4 Å². The van der Waals surface area contributed by atoms with Gasteiger partial charge in [-0.05, 0) is 43.3 Å². The number of ether oxygens (including phenoxy) is 2. The molecule has 0 radical (unpaired) electrons. The normalized spacial score (nSPS) is 16.8. The molecule has 3 aromatic rings. The van der Waals surface area contributed by atoms with Crippen molar-refractivity contribution in [1.82, 2.24) is 9.88 Å². The summed E-state index contributed by atoms with van der Waals surface area (Å²) in [6.07, 6.45) is -0.282. The summed E-state index contributed by atoms with van der Waals surface area (Å²) in [6, 6.07) is 10.5. The van der Waals surface area contributed by atoms with Gasteiger partial charge in [-0.2, -0.15) is 0 Å². The van der Waals surface area contributed by atoms with E-state index in [0.29, 0.717) is 41.6 Å². The fourth-order valence-electron chi connectivity index (χ4n) is 3.26. The van der Waals surface area contributed by atoms with Crippen molar-refractivity contribution in [3.05, 3.63) is 58.1 Å². The van der Waals surface area contributed by atoms with Crippen LogP contribution in [-0.4, -0.2) is 54.0 Å². The summed E-state index contributed by atoms with van der Waals surface area (Å²) in [6.45, 7) is 3.08. The lowest BCUT2D eigenvalue weighted by atomic mass is 10.1. The van der Waals surface area contributed by atoms with Crippen LogP contribution in [0.4, 0.5) is 0 Å². The topological polar surface area (TPSA) is 68.7 Å². The Hall–Kier alpha value is -2.48. The maximum atomic E-state index is 12.9. The van der Waals surface area contributed by atoms with Crippen molar-refractivity contribution in [2.24, 2.45) is 0 Å². The third kappa shape index (κ3) is 4.42. The highest BCUT2D eigenvalue weighted by molar-refractivity contribution is 7.16. The Morgan fingerprint density at radius 2 is 2.17 bits per heavy atom. The molecule has 1 saturated heterocycles. The molecule has 150 valence electrons. The molecule has 0 spiro atoms. The van der Waals surface area contributed by atoms with Crippen molar-refractivity contribution in [3.63, 3.8) is 0 Å². The average molecular weight is 431 g/mol. The molecule has 4 rings (SSSR count). The van der Waals surface area contributed by atoms with Gasteiger partial charge in [-0.15, -0.1) is 11.3 Å². The highest BCUT2D eigenvalue weighted by atomic mass is 35.5. The second-order valence-corrected chi connectivity index (χ2v) is 8.11. The molecule has 2 aromatic carbocycles. The van der Waals surface area contributed by atoms with Crippen molar-refractivity contribution in [2.75, 3.05) is 26.3 Å². The van der Waals surface area contributed by atoms with Crippen LogP contribution in [0, 0.1) is 0 Å². The lowest BCUT2D eigenvalue weighted by Crippen LogP contribution is -2.47. The van der Waals surface area contributed by atoms with E-state index in [2.05, 4.69) is 4.98 Å². The number of hydrogen-bond donors (Lipinski definition) is 0. The minimum atomic E-state index is -0.282. The Morgan fingerprint density at radius 1 is 1.31 bits per heavy atom. The fraction of sp³-hybridized carbons (Fsp3) is 0.286. The maximum absolute atomic E-state index is 12.9. The first-order valence-corrected chi connectivity index (χ1v) is 10.4. The van der Waals surface area contributed by atoms with Crippen molar-refractivity contribution < 1.29 is 19.1 Å². The van der Waals surface area contributed by atoms with Crippen molar-refractivity contribution in [1.29, 1.82) is 0 Å². The number of morpholine rings is 1. The van der Waals surface area contributed by atoms with E-state index >= 15 is 0 Å². The number of benzene rings is 2. The monoisotopic (exact) mass is 430 g/mol. The number of halogens is 1. The third-order valence-corrected chi connectivity index (χ3v) is 5.78. The quantitative estimate of drug-likeness (QED) is 0.570. The molecular weight excluding hydrogens is 412 g/mol. The molecule has 2 heterocycles. The molecule has 29 heavy (non-hydrogen) atoms. The number of thiazole rings is 1. The van der Waals surface area contributed by atoms with Gasteiger partial charge in [0.1, 0.15) is 18.5 Å². The minimum absolute atomic E-state index is 0.0375. The lowest BCUT2D eigenvalue weighted by Gasteiger charge is -2.33. The van der Waals surface area contributed by atoms with E-state index in [4.69, 9.17) is 21.1 Å². The van der Waals surface area contributed by atoms with E-state index in [9.17, 15) is 9.59 Å². The smallest absolute Gasteiger partial charge is 0.254 e. The van der Waals surface area contributed by atoms with Gasteiger partial charge in [0.2, 0.25) is 0 Å². The molecule has 1 atom stereocenters. The first-order valence-electron chi connectivity index (χ1n) is 9.18. The Labute approximate surface area is 177 Å². The molecule has 1 unspecified atom stereocenters. The van der Waals surface area contributed by atoms with Crippen LogP contribution in [0.1, 0.15) is 27.6 Å². The number of Topliss-reactive ketones (excluding diaryl/α,β-unsaturated/α-hetero) is 1. The number of hydrogen-bond acceptors (Lipinski definition) is 6. The molecule has 0 N–H and O–H groups in total. The Bertz CT molecular complexity index is 1070. The molecule has 0 bridgehead atoms. The van der Waals surface area contributed by atoms with Crippen LogP contribution in [0.2, 0.25) is 5.02 Å².